The molecule has 1 amide bonds. The highest BCUT2D eigenvalue weighted by Crippen LogP contribution is 2.10. The number of hydrogen-bond donors (Lipinski definition) is 2. The highest BCUT2D eigenvalue weighted by Gasteiger charge is 2.18. The van der Waals surface area contributed by atoms with E-state index in [0.29, 0.717) is 31.0 Å². The normalized spacial score (nSPS) is 12.9. The van der Waals surface area contributed by atoms with Crippen molar-refractivity contribution in [2.24, 2.45) is 10.9 Å². The van der Waals surface area contributed by atoms with Crippen LogP contribution < -0.4 is 11.2 Å². The lowest BCUT2D eigenvalue weighted by Crippen LogP contribution is -2.37. The van der Waals surface area contributed by atoms with E-state index in [-0.39, 0.29) is 24.3 Å². The van der Waals surface area contributed by atoms with Crippen molar-refractivity contribution in [2.75, 3.05) is 12.4 Å². The fourth-order valence-corrected chi connectivity index (χ4v) is 4.78. The number of nitrogens with two attached hydrogens (primary N) is 1. The number of nitrogens with one attached hydrogen (secondary N) is 1. The number of hydrazone groups is 1. The van der Waals surface area contributed by atoms with Crippen molar-refractivity contribution in [1.82, 2.24) is 5.32 Å². The number of hydrogen-bond acceptors (Lipinski definition) is 6. The van der Waals surface area contributed by atoms with Gasteiger partial charge in [-0.2, -0.15) is 5.10 Å². The minimum Gasteiger partial charge on any atom is -0.466 e. The minimum absolute atomic E-state index is 0.0839. The topological polar surface area (TPSA) is 111 Å². The number of aryl methyl sites for hydroxylation is 1. The molecule has 0 aliphatic carbocycles. The van der Waals surface area contributed by atoms with Gasteiger partial charge in [0.1, 0.15) is 0 Å². The molecule has 0 radical (unpaired) electrons. The molecule has 3 N–H and O–H groups in total. The number of carbonyl (C=O) groups excluding carboxylic acids is 2. The van der Waals surface area contributed by atoms with E-state index in [1.165, 1.54) is 5.56 Å². The van der Waals surface area contributed by atoms with Gasteiger partial charge in [-0.3, -0.25) is 13.8 Å². The fourth-order valence-electron chi connectivity index (χ4n) is 3.52. The predicted octanol–water partition coefficient (Wildman–Crippen LogP) is 3.47. The molecule has 0 fully saturated rings. The number of carbonyl (C=O) groups is 2. The molecule has 2 atom stereocenters. The summed E-state index contributed by atoms with van der Waals surface area (Å²) in [6.07, 6.45) is 5.01. The van der Waals surface area contributed by atoms with Gasteiger partial charge in [-0.25, -0.2) is 0 Å². The molecule has 2 rings (SSSR count). The number of ether oxygens (including phenoxy) is 1. The summed E-state index contributed by atoms with van der Waals surface area (Å²) in [7, 11) is -1.07. The summed E-state index contributed by atoms with van der Waals surface area (Å²) in [6, 6.07) is 17.2. The average molecular weight is 486 g/mol. The van der Waals surface area contributed by atoms with E-state index in [0.717, 1.165) is 30.4 Å². The molecule has 0 heterocycles. The van der Waals surface area contributed by atoms with E-state index in [9.17, 15) is 13.8 Å². The van der Waals surface area contributed by atoms with Crippen molar-refractivity contribution >= 4 is 28.9 Å². The Balaban J connectivity index is 1.77. The lowest BCUT2D eigenvalue weighted by atomic mass is 10.0. The number of unbranched alkanes of at least 4 members (excludes halogenated alkanes) is 1. The summed E-state index contributed by atoms with van der Waals surface area (Å²) in [5.74, 6) is 5.57. The van der Waals surface area contributed by atoms with Crippen LogP contribution in [0.4, 0.5) is 0 Å². The van der Waals surface area contributed by atoms with E-state index in [1.54, 1.807) is 13.1 Å². The van der Waals surface area contributed by atoms with Gasteiger partial charge in [0.15, 0.2) is 0 Å². The van der Waals surface area contributed by atoms with Gasteiger partial charge < -0.3 is 15.9 Å². The van der Waals surface area contributed by atoms with Crippen LogP contribution in [0.5, 0.6) is 0 Å². The smallest absolute Gasteiger partial charge is 0.307 e. The highest BCUT2D eigenvalue weighted by atomic mass is 32.2. The van der Waals surface area contributed by atoms with Gasteiger partial charge in [0, 0.05) is 34.8 Å². The van der Waals surface area contributed by atoms with E-state index in [2.05, 4.69) is 10.4 Å². The van der Waals surface area contributed by atoms with Crippen molar-refractivity contribution in [1.29, 1.82) is 0 Å². The Hall–Kier alpha value is -3.00. The van der Waals surface area contributed by atoms with Crippen LogP contribution >= 0.6 is 0 Å². The Morgan fingerprint density at radius 3 is 2.50 bits per heavy atom. The molecule has 0 aliphatic rings. The minimum atomic E-state index is -1.07. The van der Waals surface area contributed by atoms with E-state index in [1.807, 2.05) is 54.6 Å². The van der Waals surface area contributed by atoms with Crippen molar-refractivity contribution in [3.63, 3.8) is 0 Å². The van der Waals surface area contributed by atoms with Gasteiger partial charge in [-0.05, 0) is 49.3 Å². The number of esters is 1. The number of benzene rings is 2. The number of rotatable bonds is 15. The predicted molar refractivity (Wildman–Crippen MR) is 137 cm³/mol. The van der Waals surface area contributed by atoms with Gasteiger partial charge in [-0.15, -0.1) is 0 Å². The third-order valence-corrected chi connectivity index (χ3v) is 6.62. The second kappa shape index (κ2) is 15.8. The third-order valence-electron chi connectivity index (χ3n) is 5.27. The lowest BCUT2D eigenvalue weighted by molar-refractivity contribution is -0.143. The van der Waals surface area contributed by atoms with E-state index >= 15 is 0 Å². The zero-order valence-electron chi connectivity index (χ0n) is 19.8. The molecule has 2 aromatic carbocycles. The molecular formula is C26H35N3O4S. The van der Waals surface area contributed by atoms with Gasteiger partial charge in [0.25, 0.3) is 0 Å². The molecule has 2 aromatic rings. The quantitative estimate of drug-likeness (QED) is 0.132. The van der Waals surface area contributed by atoms with Crippen LogP contribution in [0.1, 0.15) is 55.7 Å². The third kappa shape index (κ3) is 11.2. The van der Waals surface area contributed by atoms with Crippen LogP contribution in [0.2, 0.25) is 0 Å². The zero-order chi connectivity index (χ0) is 24.6. The molecular weight excluding hydrogens is 450 g/mol. The number of amides is 1. The Morgan fingerprint density at radius 1 is 1.09 bits per heavy atom. The average Bonchev–Trinajstić information content (AvgIpc) is 2.82. The highest BCUT2D eigenvalue weighted by molar-refractivity contribution is 7.84. The first-order chi connectivity index (χ1) is 16.5. The second-order valence-electron chi connectivity index (χ2n) is 8.06. The molecule has 0 aromatic heterocycles. The maximum atomic E-state index is 12.5. The Labute approximate surface area is 204 Å². The van der Waals surface area contributed by atoms with E-state index < -0.39 is 10.8 Å². The monoisotopic (exact) mass is 485 g/mol. The van der Waals surface area contributed by atoms with Crippen molar-refractivity contribution < 1.29 is 18.5 Å². The van der Waals surface area contributed by atoms with Gasteiger partial charge >= 0.3 is 5.97 Å². The van der Waals surface area contributed by atoms with Gasteiger partial charge in [-0.1, -0.05) is 54.6 Å². The second-order valence-corrected chi connectivity index (χ2v) is 9.64. The van der Waals surface area contributed by atoms with Crippen molar-refractivity contribution in [2.45, 2.75) is 57.2 Å². The largest absolute Gasteiger partial charge is 0.466 e. The van der Waals surface area contributed by atoms with Crippen LogP contribution in [0.3, 0.4) is 0 Å². The molecule has 2 unspecified atom stereocenters. The Kier molecular flexibility index (Phi) is 12.6. The van der Waals surface area contributed by atoms with Gasteiger partial charge in [0.05, 0.1) is 19.2 Å². The molecule has 0 spiro atoms. The van der Waals surface area contributed by atoms with Crippen molar-refractivity contribution in [3.8, 4) is 0 Å². The van der Waals surface area contributed by atoms with Crippen LogP contribution in [-0.4, -0.2) is 40.7 Å². The SMILES string of the molecule is CCOC(=O)CC(CCS(=O)Cc1ccccc1)NC(=O)CCCCc1ccc(C=NN)cc1. The fraction of sp³-hybridized carbons (Fsp3) is 0.423. The molecule has 8 heteroatoms. The summed E-state index contributed by atoms with van der Waals surface area (Å²) < 4.78 is 17.5. The first-order valence-electron chi connectivity index (χ1n) is 11.7. The number of nitrogens with zero attached hydrogens (tertiary/aromatic N) is 1. The van der Waals surface area contributed by atoms with Crippen molar-refractivity contribution in [3.05, 3.63) is 71.3 Å². The molecule has 7 nitrogen and oxygen atoms in total. The molecule has 0 saturated carbocycles. The summed E-state index contributed by atoms with van der Waals surface area (Å²) in [4.78, 5) is 24.5. The maximum absolute atomic E-state index is 12.5. The summed E-state index contributed by atoms with van der Waals surface area (Å²) in [6.45, 7) is 2.04. The molecule has 0 aliphatic heterocycles. The van der Waals surface area contributed by atoms with Gasteiger partial charge in [0.2, 0.25) is 5.91 Å². The van der Waals surface area contributed by atoms with Crippen LogP contribution in [0.15, 0.2) is 59.7 Å². The lowest BCUT2D eigenvalue weighted by Gasteiger charge is -2.18. The first-order valence-corrected chi connectivity index (χ1v) is 13.1. The summed E-state index contributed by atoms with van der Waals surface area (Å²) in [5, 5.41) is 6.45. The van der Waals surface area contributed by atoms with Crippen LogP contribution in [0, 0.1) is 0 Å². The van der Waals surface area contributed by atoms with E-state index in [4.69, 9.17) is 10.6 Å². The summed E-state index contributed by atoms with van der Waals surface area (Å²) in [5.41, 5.74) is 3.15. The maximum Gasteiger partial charge on any atom is 0.307 e. The van der Waals surface area contributed by atoms with Crippen LogP contribution in [-0.2, 0) is 37.3 Å². The Bertz CT molecular complexity index is 933. The van der Waals surface area contributed by atoms with Crippen LogP contribution in [0.25, 0.3) is 0 Å². The standard InChI is InChI=1S/C26H35N3O4S/c1-2-33-26(31)18-24(16-17-34(32)20-23-9-4-3-5-10-23)29-25(30)11-7-6-8-21-12-14-22(15-13-21)19-28-27/h3-5,9-10,12-15,19,24H,2,6-8,11,16-18,20,27H2,1H3,(H,29,30). The Morgan fingerprint density at radius 2 is 1.82 bits per heavy atom. The zero-order valence-corrected chi connectivity index (χ0v) is 20.6. The molecule has 184 valence electrons. The molecule has 34 heavy (non-hydrogen) atoms. The molecule has 0 bridgehead atoms. The summed E-state index contributed by atoms with van der Waals surface area (Å²) >= 11 is 0. The first kappa shape index (κ1) is 27.2. The molecule has 0 saturated heterocycles.